The number of carbonyl (C=O) groups is 1. The van der Waals surface area contributed by atoms with Crippen molar-refractivity contribution in [1.82, 2.24) is 0 Å². The van der Waals surface area contributed by atoms with Crippen LogP contribution in [0.5, 0.6) is 0 Å². The summed E-state index contributed by atoms with van der Waals surface area (Å²) in [5.41, 5.74) is 2.18. The van der Waals surface area contributed by atoms with E-state index in [0.717, 1.165) is 5.39 Å². The number of amides is 1. The Kier molecular flexibility index (Phi) is 4.90. The number of para-hydroxylation sites is 1. The molecule has 4 aromatic rings. The highest BCUT2D eigenvalue weighted by Crippen LogP contribution is 2.24. The van der Waals surface area contributed by atoms with E-state index < -0.39 is 5.63 Å². The average Bonchev–Trinajstić information content (AvgIpc) is 2.68. The first-order valence-corrected chi connectivity index (χ1v) is 9.16. The summed E-state index contributed by atoms with van der Waals surface area (Å²) in [6, 6.07) is 20.7. The Labute approximate surface area is 170 Å². The minimum atomic E-state index is -0.413. The molecular formula is C22H13Cl2NO3. The molecular weight excluding hydrogens is 397 g/mol. The minimum absolute atomic E-state index is 0.274. The Morgan fingerprint density at radius 3 is 2.39 bits per heavy atom. The zero-order chi connectivity index (χ0) is 19.7. The van der Waals surface area contributed by atoms with Crippen LogP contribution in [0.3, 0.4) is 0 Å². The van der Waals surface area contributed by atoms with Gasteiger partial charge in [-0.15, -0.1) is 0 Å². The Bertz CT molecular complexity index is 1250. The minimum Gasteiger partial charge on any atom is -0.422 e. The van der Waals surface area contributed by atoms with Crippen molar-refractivity contribution >= 4 is 45.8 Å². The fraction of sp³-hybridized carbons (Fsp3) is 0. The van der Waals surface area contributed by atoms with Gasteiger partial charge in [-0.25, -0.2) is 4.79 Å². The summed E-state index contributed by atoms with van der Waals surface area (Å²) in [6.45, 7) is 0. The van der Waals surface area contributed by atoms with Crippen molar-refractivity contribution in [2.24, 2.45) is 0 Å². The van der Waals surface area contributed by atoms with Crippen LogP contribution in [0.2, 0.25) is 10.0 Å². The standard InChI is InChI=1S/C22H13Cl2NO3/c23-15-7-10-17(19(24)12-15)21(26)25-16-8-5-13(6-9-16)18-11-14-3-1-2-4-20(14)28-22(18)27/h1-12H,(H,25,26). The fourth-order valence-electron chi connectivity index (χ4n) is 2.87. The van der Waals surface area contributed by atoms with Gasteiger partial charge in [0, 0.05) is 16.1 Å². The van der Waals surface area contributed by atoms with Crippen LogP contribution in [0.15, 0.2) is 82.0 Å². The van der Waals surface area contributed by atoms with E-state index in [2.05, 4.69) is 5.32 Å². The van der Waals surface area contributed by atoms with Crippen LogP contribution in [0.1, 0.15) is 10.4 Å². The lowest BCUT2D eigenvalue weighted by atomic mass is 10.1. The highest BCUT2D eigenvalue weighted by atomic mass is 35.5. The van der Waals surface area contributed by atoms with E-state index in [1.54, 1.807) is 48.5 Å². The number of hydrogen-bond acceptors (Lipinski definition) is 3. The maximum atomic E-state index is 12.4. The maximum Gasteiger partial charge on any atom is 0.344 e. The van der Waals surface area contributed by atoms with Gasteiger partial charge in [-0.05, 0) is 48.0 Å². The monoisotopic (exact) mass is 409 g/mol. The third-order valence-electron chi connectivity index (χ3n) is 4.27. The van der Waals surface area contributed by atoms with E-state index in [1.807, 2.05) is 18.2 Å². The second kappa shape index (κ2) is 7.50. The van der Waals surface area contributed by atoms with Gasteiger partial charge in [-0.3, -0.25) is 4.79 Å². The van der Waals surface area contributed by atoms with E-state index in [-0.39, 0.29) is 10.9 Å². The van der Waals surface area contributed by atoms with Crippen LogP contribution in [-0.4, -0.2) is 5.91 Å². The van der Waals surface area contributed by atoms with E-state index in [0.29, 0.717) is 33.0 Å². The molecule has 0 saturated carbocycles. The summed E-state index contributed by atoms with van der Waals surface area (Å²) in [7, 11) is 0. The zero-order valence-electron chi connectivity index (χ0n) is 14.4. The molecule has 6 heteroatoms. The number of benzene rings is 3. The van der Waals surface area contributed by atoms with Crippen molar-refractivity contribution in [3.63, 3.8) is 0 Å². The van der Waals surface area contributed by atoms with Crippen molar-refractivity contribution in [2.45, 2.75) is 0 Å². The number of carbonyl (C=O) groups excluding carboxylic acids is 1. The highest BCUT2D eigenvalue weighted by molar-refractivity contribution is 6.37. The topological polar surface area (TPSA) is 59.3 Å². The lowest BCUT2D eigenvalue weighted by Crippen LogP contribution is -2.12. The summed E-state index contributed by atoms with van der Waals surface area (Å²) < 4.78 is 5.37. The number of fused-ring (bicyclic) bond motifs is 1. The molecule has 0 saturated heterocycles. The molecule has 0 fully saturated rings. The molecule has 1 aromatic heterocycles. The van der Waals surface area contributed by atoms with Gasteiger partial charge < -0.3 is 9.73 Å². The molecule has 0 aliphatic carbocycles. The Morgan fingerprint density at radius 1 is 0.893 bits per heavy atom. The second-order valence-electron chi connectivity index (χ2n) is 6.14. The molecule has 28 heavy (non-hydrogen) atoms. The molecule has 3 aromatic carbocycles. The van der Waals surface area contributed by atoms with Gasteiger partial charge in [0.05, 0.1) is 16.1 Å². The van der Waals surface area contributed by atoms with Crippen LogP contribution in [0.25, 0.3) is 22.1 Å². The third-order valence-corrected chi connectivity index (χ3v) is 4.82. The van der Waals surface area contributed by atoms with Crippen LogP contribution in [0.4, 0.5) is 5.69 Å². The lowest BCUT2D eigenvalue weighted by molar-refractivity contribution is 0.102. The van der Waals surface area contributed by atoms with Gasteiger partial charge in [0.25, 0.3) is 5.91 Å². The van der Waals surface area contributed by atoms with Crippen LogP contribution in [0, 0.1) is 0 Å². The Hall–Kier alpha value is -3.08. The molecule has 0 unspecified atom stereocenters. The van der Waals surface area contributed by atoms with Crippen LogP contribution < -0.4 is 10.9 Å². The quantitative estimate of drug-likeness (QED) is 0.420. The summed E-state index contributed by atoms with van der Waals surface area (Å²) >= 11 is 11.9. The molecule has 4 rings (SSSR count). The Morgan fingerprint density at radius 2 is 1.64 bits per heavy atom. The fourth-order valence-corrected chi connectivity index (χ4v) is 3.36. The molecule has 0 bridgehead atoms. The summed E-state index contributed by atoms with van der Waals surface area (Å²) in [6.07, 6.45) is 0. The molecule has 0 aliphatic heterocycles. The first-order chi connectivity index (χ1) is 13.5. The summed E-state index contributed by atoms with van der Waals surface area (Å²) in [4.78, 5) is 24.7. The molecule has 138 valence electrons. The molecule has 4 nitrogen and oxygen atoms in total. The van der Waals surface area contributed by atoms with E-state index in [4.69, 9.17) is 27.6 Å². The predicted octanol–water partition coefficient (Wildman–Crippen LogP) is 6.02. The number of halogens is 2. The smallest absolute Gasteiger partial charge is 0.344 e. The predicted molar refractivity (Wildman–Crippen MR) is 112 cm³/mol. The molecule has 1 heterocycles. The van der Waals surface area contributed by atoms with Gasteiger partial charge in [0.2, 0.25) is 0 Å². The van der Waals surface area contributed by atoms with Crippen LogP contribution >= 0.6 is 23.2 Å². The molecule has 1 amide bonds. The average molecular weight is 410 g/mol. The summed E-state index contributed by atoms with van der Waals surface area (Å²) in [5, 5.41) is 4.35. The first-order valence-electron chi connectivity index (χ1n) is 8.41. The van der Waals surface area contributed by atoms with Gasteiger partial charge in [0.1, 0.15) is 5.58 Å². The number of rotatable bonds is 3. The first kappa shape index (κ1) is 18.3. The van der Waals surface area contributed by atoms with Crippen LogP contribution in [-0.2, 0) is 0 Å². The van der Waals surface area contributed by atoms with E-state index in [9.17, 15) is 9.59 Å². The van der Waals surface area contributed by atoms with E-state index >= 15 is 0 Å². The lowest BCUT2D eigenvalue weighted by Gasteiger charge is -2.08. The number of anilines is 1. The largest absolute Gasteiger partial charge is 0.422 e. The highest BCUT2D eigenvalue weighted by Gasteiger charge is 2.12. The Balaban J connectivity index is 1.60. The van der Waals surface area contributed by atoms with Crippen molar-refractivity contribution in [3.05, 3.63) is 98.8 Å². The maximum absolute atomic E-state index is 12.4. The second-order valence-corrected chi connectivity index (χ2v) is 6.98. The van der Waals surface area contributed by atoms with Crippen molar-refractivity contribution in [1.29, 1.82) is 0 Å². The zero-order valence-corrected chi connectivity index (χ0v) is 15.9. The molecule has 0 atom stereocenters. The van der Waals surface area contributed by atoms with Crippen molar-refractivity contribution < 1.29 is 9.21 Å². The SMILES string of the molecule is O=C(Nc1ccc(-c2cc3ccccc3oc2=O)cc1)c1ccc(Cl)cc1Cl. The van der Waals surface area contributed by atoms with Crippen molar-refractivity contribution in [3.8, 4) is 11.1 Å². The van der Waals surface area contributed by atoms with Gasteiger partial charge in [-0.1, -0.05) is 53.5 Å². The molecule has 0 aliphatic rings. The molecule has 1 N–H and O–H groups in total. The summed E-state index contributed by atoms with van der Waals surface area (Å²) in [5.74, 6) is -0.348. The van der Waals surface area contributed by atoms with Gasteiger partial charge >= 0.3 is 5.63 Å². The van der Waals surface area contributed by atoms with Crippen molar-refractivity contribution in [2.75, 3.05) is 5.32 Å². The van der Waals surface area contributed by atoms with Gasteiger partial charge in [-0.2, -0.15) is 0 Å². The van der Waals surface area contributed by atoms with Gasteiger partial charge in [0.15, 0.2) is 0 Å². The third kappa shape index (κ3) is 3.65. The number of hydrogen-bond donors (Lipinski definition) is 1. The van der Waals surface area contributed by atoms with E-state index in [1.165, 1.54) is 6.07 Å². The molecule has 0 radical (unpaired) electrons. The normalized spacial score (nSPS) is 10.8. The molecule has 0 spiro atoms. The number of nitrogens with one attached hydrogen (secondary N) is 1.